The van der Waals surface area contributed by atoms with E-state index in [1.807, 2.05) is 0 Å². The molecule has 3 rings (SSSR count). The molecule has 3 aliphatic rings. The number of ether oxygens (including phenoxy) is 1. The molecule has 2 heteroatoms. The van der Waals surface area contributed by atoms with Gasteiger partial charge in [-0.25, -0.2) is 0 Å². The van der Waals surface area contributed by atoms with Crippen molar-refractivity contribution >= 4 is 5.97 Å². The molecule has 2 nitrogen and oxygen atoms in total. The molecule has 0 unspecified atom stereocenters. The fourth-order valence-electron chi connectivity index (χ4n) is 5.58. The first-order valence-corrected chi connectivity index (χ1v) is 10.5. The third-order valence-corrected chi connectivity index (χ3v) is 7.06. The van der Waals surface area contributed by atoms with Gasteiger partial charge in [0.15, 0.2) is 0 Å². The number of hydrogen-bond acceptors (Lipinski definition) is 2. The molecule has 0 N–H and O–H groups in total. The predicted molar refractivity (Wildman–Crippen MR) is 94.2 cm³/mol. The number of esters is 1. The maximum absolute atomic E-state index is 13.2. The lowest BCUT2D eigenvalue weighted by molar-refractivity contribution is -0.170. The van der Waals surface area contributed by atoms with E-state index in [0.717, 1.165) is 19.3 Å². The van der Waals surface area contributed by atoms with E-state index in [2.05, 4.69) is 6.92 Å². The Labute approximate surface area is 142 Å². The topological polar surface area (TPSA) is 26.3 Å². The van der Waals surface area contributed by atoms with Gasteiger partial charge in [0, 0.05) is 0 Å². The monoisotopic (exact) mass is 320 g/mol. The molecule has 3 aliphatic carbocycles. The number of carbonyl (C=O) groups is 1. The highest BCUT2D eigenvalue weighted by Crippen LogP contribution is 2.43. The van der Waals surface area contributed by atoms with Crippen LogP contribution in [0.25, 0.3) is 0 Å². The second-order valence-corrected chi connectivity index (χ2v) is 8.49. The summed E-state index contributed by atoms with van der Waals surface area (Å²) in [6.45, 7) is 2.20. The molecule has 3 fully saturated rings. The molecule has 0 aromatic carbocycles. The van der Waals surface area contributed by atoms with Crippen molar-refractivity contribution in [2.45, 2.75) is 109 Å². The van der Waals surface area contributed by atoms with Gasteiger partial charge in [-0.2, -0.15) is 0 Å². The van der Waals surface area contributed by atoms with Crippen LogP contribution in [-0.4, -0.2) is 11.6 Å². The van der Waals surface area contributed by atoms with Crippen molar-refractivity contribution in [2.75, 3.05) is 0 Å². The van der Waals surface area contributed by atoms with Crippen molar-refractivity contribution in [3.05, 3.63) is 0 Å². The minimum Gasteiger partial charge on any atom is -0.459 e. The molecule has 0 aromatic heterocycles. The molecule has 0 heterocycles. The van der Waals surface area contributed by atoms with Crippen molar-refractivity contribution in [2.24, 2.45) is 17.8 Å². The fourth-order valence-corrected chi connectivity index (χ4v) is 5.58. The van der Waals surface area contributed by atoms with Crippen molar-refractivity contribution in [3.8, 4) is 0 Å². The molecular formula is C21H36O2. The summed E-state index contributed by atoms with van der Waals surface area (Å²) in [5.41, 5.74) is -0.112. The van der Waals surface area contributed by atoms with E-state index in [1.54, 1.807) is 0 Å². The number of hydrogen-bond donors (Lipinski definition) is 0. The van der Waals surface area contributed by atoms with Crippen LogP contribution >= 0.6 is 0 Å². The van der Waals surface area contributed by atoms with Crippen molar-refractivity contribution in [1.29, 1.82) is 0 Å². The Morgan fingerprint density at radius 2 is 1.35 bits per heavy atom. The van der Waals surface area contributed by atoms with Crippen LogP contribution in [0.1, 0.15) is 103 Å². The van der Waals surface area contributed by atoms with Gasteiger partial charge in [0.1, 0.15) is 5.60 Å². The van der Waals surface area contributed by atoms with Gasteiger partial charge in [0.05, 0.1) is 5.92 Å². The summed E-state index contributed by atoms with van der Waals surface area (Å²) < 4.78 is 6.28. The molecule has 23 heavy (non-hydrogen) atoms. The average molecular weight is 321 g/mol. The maximum Gasteiger partial charge on any atom is 0.310 e. The minimum absolute atomic E-state index is 0.112. The SMILES string of the molecule is CCC1(OC(=O)C(C2CCCCC2)C2CCCCC2)CCCC1. The Morgan fingerprint density at radius 1 is 0.870 bits per heavy atom. The molecule has 132 valence electrons. The molecular weight excluding hydrogens is 284 g/mol. The molecule has 0 saturated heterocycles. The van der Waals surface area contributed by atoms with Gasteiger partial charge in [0.25, 0.3) is 0 Å². The zero-order valence-electron chi connectivity index (χ0n) is 15.2. The molecule has 3 saturated carbocycles. The maximum atomic E-state index is 13.2. The van der Waals surface area contributed by atoms with Gasteiger partial charge < -0.3 is 4.74 Å². The van der Waals surface area contributed by atoms with Gasteiger partial charge in [-0.3, -0.25) is 4.79 Å². The van der Waals surface area contributed by atoms with E-state index in [4.69, 9.17) is 4.74 Å². The first-order valence-electron chi connectivity index (χ1n) is 10.5. The predicted octanol–water partition coefficient (Wildman–Crippen LogP) is 6.03. The molecule has 0 aromatic rings. The summed E-state index contributed by atoms with van der Waals surface area (Å²) in [6, 6.07) is 0. The highest BCUT2D eigenvalue weighted by Gasteiger charge is 2.42. The van der Waals surface area contributed by atoms with Crippen LogP contribution in [0.15, 0.2) is 0 Å². The van der Waals surface area contributed by atoms with Crippen LogP contribution < -0.4 is 0 Å². The number of carbonyl (C=O) groups excluding carboxylic acids is 1. The average Bonchev–Trinajstić information content (AvgIpc) is 3.06. The first-order chi connectivity index (χ1) is 11.2. The summed E-state index contributed by atoms with van der Waals surface area (Å²) in [6.07, 6.45) is 18.7. The lowest BCUT2D eigenvalue weighted by atomic mass is 9.69. The Balaban J connectivity index is 1.71. The largest absolute Gasteiger partial charge is 0.459 e. The standard InChI is InChI=1S/C21H36O2/c1-2-21(15-9-10-16-21)23-20(22)19(17-11-5-3-6-12-17)18-13-7-4-8-14-18/h17-19H,2-16H2,1H3. The van der Waals surface area contributed by atoms with Crippen molar-refractivity contribution < 1.29 is 9.53 Å². The van der Waals surface area contributed by atoms with Gasteiger partial charge in [-0.15, -0.1) is 0 Å². The van der Waals surface area contributed by atoms with E-state index in [1.165, 1.54) is 77.0 Å². The van der Waals surface area contributed by atoms with Gasteiger partial charge >= 0.3 is 5.97 Å². The summed E-state index contributed by atoms with van der Waals surface area (Å²) in [7, 11) is 0. The lowest BCUT2D eigenvalue weighted by Gasteiger charge is -2.38. The normalized spacial score (nSPS) is 26.5. The Hall–Kier alpha value is -0.530. The highest BCUT2D eigenvalue weighted by atomic mass is 16.6. The molecule has 0 bridgehead atoms. The van der Waals surface area contributed by atoms with E-state index in [-0.39, 0.29) is 17.5 Å². The zero-order valence-corrected chi connectivity index (χ0v) is 15.2. The summed E-state index contributed by atoms with van der Waals surface area (Å²) >= 11 is 0. The second kappa shape index (κ2) is 8.03. The first kappa shape index (κ1) is 17.3. The smallest absolute Gasteiger partial charge is 0.310 e. The quantitative estimate of drug-likeness (QED) is 0.578. The highest BCUT2D eigenvalue weighted by molar-refractivity contribution is 5.73. The van der Waals surface area contributed by atoms with Crippen LogP contribution in [0.4, 0.5) is 0 Å². The van der Waals surface area contributed by atoms with Crippen LogP contribution in [0.5, 0.6) is 0 Å². The Morgan fingerprint density at radius 3 is 1.78 bits per heavy atom. The van der Waals surface area contributed by atoms with E-state index < -0.39 is 0 Å². The molecule has 0 spiro atoms. The summed E-state index contributed by atoms with van der Waals surface area (Å²) in [5, 5.41) is 0. The molecule has 0 amide bonds. The van der Waals surface area contributed by atoms with E-state index >= 15 is 0 Å². The molecule has 0 atom stereocenters. The van der Waals surface area contributed by atoms with E-state index in [0.29, 0.717) is 11.8 Å². The third kappa shape index (κ3) is 4.12. The Bertz CT molecular complexity index is 353. The minimum atomic E-state index is -0.112. The lowest BCUT2D eigenvalue weighted by Crippen LogP contribution is -2.40. The second-order valence-electron chi connectivity index (χ2n) is 8.49. The van der Waals surface area contributed by atoms with Crippen LogP contribution in [0.2, 0.25) is 0 Å². The van der Waals surface area contributed by atoms with Gasteiger partial charge in [-0.05, 0) is 69.6 Å². The van der Waals surface area contributed by atoms with Crippen LogP contribution in [0.3, 0.4) is 0 Å². The fraction of sp³-hybridized carbons (Fsp3) is 0.952. The van der Waals surface area contributed by atoms with Crippen LogP contribution in [0, 0.1) is 17.8 Å². The third-order valence-electron chi connectivity index (χ3n) is 7.06. The molecule has 0 radical (unpaired) electrons. The van der Waals surface area contributed by atoms with Crippen LogP contribution in [-0.2, 0) is 9.53 Å². The number of rotatable bonds is 5. The summed E-state index contributed by atoms with van der Waals surface area (Å²) in [5.74, 6) is 1.61. The van der Waals surface area contributed by atoms with Crippen molar-refractivity contribution in [1.82, 2.24) is 0 Å². The van der Waals surface area contributed by atoms with E-state index in [9.17, 15) is 4.79 Å². The zero-order chi connectivity index (χ0) is 16.1. The van der Waals surface area contributed by atoms with Gasteiger partial charge in [0.2, 0.25) is 0 Å². The summed E-state index contributed by atoms with van der Waals surface area (Å²) in [4.78, 5) is 13.2. The molecule has 0 aliphatic heterocycles. The van der Waals surface area contributed by atoms with Gasteiger partial charge in [-0.1, -0.05) is 45.4 Å². The van der Waals surface area contributed by atoms with Crippen molar-refractivity contribution in [3.63, 3.8) is 0 Å². The Kier molecular flexibility index (Phi) is 6.04.